The molecule has 0 aliphatic rings. The zero-order valence-electron chi connectivity index (χ0n) is 9.29. The molecule has 0 fully saturated rings. The second-order valence-corrected chi connectivity index (χ2v) is 4.85. The summed E-state index contributed by atoms with van der Waals surface area (Å²) in [5.74, 6) is -2.94. The lowest BCUT2D eigenvalue weighted by molar-refractivity contribution is 0.0723. The number of rotatable bonds is 2. The Kier molecular flexibility index (Phi) is 4.17. The van der Waals surface area contributed by atoms with Crippen LogP contribution in [0.2, 0.25) is 5.02 Å². The van der Waals surface area contributed by atoms with Gasteiger partial charge >= 0.3 is 5.97 Å². The second kappa shape index (κ2) is 5.67. The Morgan fingerprint density at radius 1 is 1.16 bits per heavy atom. The largest absolute Gasteiger partial charge is 0.422 e. The van der Waals surface area contributed by atoms with Crippen LogP contribution in [0.25, 0.3) is 0 Å². The van der Waals surface area contributed by atoms with Crippen molar-refractivity contribution < 1.29 is 18.3 Å². The quantitative estimate of drug-likeness (QED) is 0.586. The van der Waals surface area contributed by atoms with Gasteiger partial charge in [0.2, 0.25) is 0 Å². The molecule has 0 unspecified atom stereocenters. The average molecular weight is 348 g/mol. The van der Waals surface area contributed by atoms with Gasteiger partial charge in [-0.15, -0.1) is 0 Å². The summed E-state index contributed by atoms with van der Waals surface area (Å²) in [6.45, 7) is 0. The molecule has 0 aliphatic heterocycles. The van der Waals surface area contributed by atoms with Crippen molar-refractivity contribution in [1.82, 2.24) is 0 Å². The fourth-order valence-electron chi connectivity index (χ4n) is 1.40. The van der Waals surface area contributed by atoms with E-state index < -0.39 is 23.2 Å². The molecule has 2 rings (SSSR count). The molecule has 0 atom stereocenters. The Balaban J connectivity index is 2.31. The zero-order valence-corrected chi connectivity index (χ0v) is 11.6. The molecule has 0 bridgehead atoms. The number of hydrogen-bond donors (Lipinski definition) is 0. The minimum atomic E-state index is -1.11. The summed E-state index contributed by atoms with van der Waals surface area (Å²) in [5.41, 5.74) is -0.732. The van der Waals surface area contributed by atoms with Crippen molar-refractivity contribution >= 4 is 33.5 Å². The van der Waals surface area contributed by atoms with E-state index in [1.807, 2.05) is 0 Å². The summed E-state index contributed by atoms with van der Waals surface area (Å²) in [5, 5.41) is 0.434. The Morgan fingerprint density at radius 2 is 1.79 bits per heavy atom. The summed E-state index contributed by atoms with van der Waals surface area (Å²) in [7, 11) is 0. The highest BCUT2D eigenvalue weighted by Crippen LogP contribution is 2.29. The number of hydrogen-bond acceptors (Lipinski definition) is 2. The van der Waals surface area contributed by atoms with Gasteiger partial charge in [-0.25, -0.2) is 13.6 Å². The molecule has 0 spiro atoms. The third kappa shape index (κ3) is 3.11. The first-order valence-corrected chi connectivity index (χ1v) is 6.27. The predicted octanol–water partition coefficient (Wildman–Crippen LogP) is 4.60. The lowest BCUT2D eigenvalue weighted by Gasteiger charge is -2.07. The van der Waals surface area contributed by atoms with Crippen LogP contribution in [0.5, 0.6) is 5.75 Å². The molecule has 2 aromatic carbocycles. The first-order valence-electron chi connectivity index (χ1n) is 5.10. The standard InChI is InChI=1S/C13H6BrClF2O2/c14-8-6-7(15)4-5-11(8)19-13(18)12-9(16)2-1-3-10(12)17/h1-6H. The van der Waals surface area contributed by atoms with Crippen LogP contribution in [0.3, 0.4) is 0 Å². The molecule has 2 nitrogen and oxygen atoms in total. The third-order valence-corrected chi connectivity index (χ3v) is 3.12. The molecule has 0 aliphatic carbocycles. The SMILES string of the molecule is O=C(Oc1ccc(Cl)cc1Br)c1c(F)cccc1F. The van der Waals surface area contributed by atoms with Crippen LogP contribution in [0.1, 0.15) is 10.4 Å². The van der Waals surface area contributed by atoms with Gasteiger partial charge in [-0.1, -0.05) is 17.7 Å². The summed E-state index contributed by atoms with van der Waals surface area (Å²) < 4.78 is 32.1. The number of benzene rings is 2. The smallest absolute Gasteiger partial charge is 0.349 e. The molecule has 0 heterocycles. The average Bonchev–Trinajstić information content (AvgIpc) is 2.32. The van der Waals surface area contributed by atoms with Gasteiger partial charge in [0.05, 0.1) is 4.47 Å². The van der Waals surface area contributed by atoms with Crippen molar-refractivity contribution in [3.63, 3.8) is 0 Å². The van der Waals surface area contributed by atoms with Gasteiger partial charge in [0.25, 0.3) is 0 Å². The lowest BCUT2D eigenvalue weighted by atomic mass is 10.2. The summed E-state index contributed by atoms with van der Waals surface area (Å²) in [4.78, 5) is 11.7. The van der Waals surface area contributed by atoms with Gasteiger partial charge in [0.15, 0.2) is 0 Å². The van der Waals surface area contributed by atoms with E-state index in [4.69, 9.17) is 16.3 Å². The van der Waals surface area contributed by atoms with Gasteiger partial charge < -0.3 is 4.74 Å². The van der Waals surface area contributed by atoms with Gasteiger partial charge in [0.1, 0.15) is 22.9 Å². The highest BCUT2D eigenvalue weighted by molar-refractivity contribution is 9.10. The van der Waals surface area contributed by atoms with E-state index >= 15 is 0 Å². The Hall–Kier alpha value is -1.46. The normalized spacial score (nSPS) is 10.3. The van der Waals surface area contributed by atoms with Crippen molar-refractivity contribution in [2.75, 3.05) is 0 Å². The summed E-state index contributed by atoms with van der Waals surface area (Å²) >= 11 is 8.87. The van der Waals surface area contributed by atoms with Crippen molar-refractivity contribution in [1.29, 1.82) is 0 Å². The second-order valence-electron chi connectivity index (χ2n) is 3.56. The first-order chi connectivity index (χ1) is 8.99. The maximum Gasteiger partial charge on any atom is 0.349 e. The van der Waals surface area contributed by atoms with E-state index in [2.05, 4.69) is 15.9 Å². The third-order valence-electron chi connectivity index (χ3n) is 2.26. The van der Waals surface area contributed by atoms with E-state index in [9.17, 15) is 13.6 Å². The van der Waals surface area contributed by atoms with Crippen molar-refractivity contribution in [3.8, 4) is 5.75 Å². The molecular formula is C13H6BrClF2O2. The van der Waals surface area contributed by atoms with Crippen LogP contribution < -0.4 is 4.74 Å². The van der Waals surface area contributed by atoms with Gasteiger partial charge in [-0.2, -0.15) is 0 Å². The Labute approximate surface area is 121 Å². The highest BCUT2D eigenvalue weighted by Gasteiger charge is 2.20. The van der Waals surface area contributed by atoms with Crippen LogP contribution in [-0.4, -0.2) is 5.97 Å². The zero-order chi connectivity index (χ0) is 14.0. The number of halogens is 4. The number of esters is 1. The minimum absolute atomic E-state index is 0.122. The monoisotopic (exact) mass is 346 g/mol. The first kappa shape index (κ1) is 14.0. The summed E-state index contributed by atoms with van der Waals surface area (Å²) in [6, 6.07) is 7.55. The lowest BCUT2D eigenvalue weighted by Crippen LogP contribution is -2.13. The van der Waals surface area contributed by atoms with Crippen LogP contribution >= 0.6 is 27.5 Å². The molecule has 2 aromatic rings. The van der Waals surface area contributed by atoms with Gasteiger partial charge in [-0.3, -0.25) is 0 Å². The molecule has 0 aromatic heterocycles. The maximum absolute atomic E-state index is 13.4. The van der Waals surface area contributed by atoms with Crippen LogP contribution in [0.4, 0.5) is 8.78 Å². The summed E-state index contributed by atoms with van der Waals surface area (Å²) in [6.07, 6.45) is 0. The van der Waals surface area contributed by atoms with E-state index in [1.54, 1.807) is 0 Å². The van der Waals surface area contributed by atoms with E-state index in [-0.39, 0.29) is 5.75 Å². The van der Waals surface area contributed by atoms with Crippen molar-refractivity contribution in [3.05, 3.63) is 63.1 Å². The number of ether oxygens (including phenoxy) is 1. The molecule has 0 saturated carbocycles. The van der Waals surface area contributed by atoms with Crippen LogP contribution in [0.15, 0.2) is 40.9 Å². The van der Waals surface area contributed by atoms with Crippen molar-refractivity contribution in [2.24, 2.45) is 0 Å². The number of carbonyl (C=O) groups is 1. The predicted molar refractivity (Wildman–Crippen MR) is 70.5 cm³/mol. The van der Waals surface area contributed by atoms with Crippen LogP contribution in [-0.2, 0) is 0 Å². The topological polar surface area (TPSA) is 26.3 Å². The Morgan fingerprint density at radius 3 is 2.37 bits per heavy atom. The van der Waals surface area contributed by atoms with Gasteiger partial charge in [0, 0.05) is 5.02 Å². The molecule has 0 saturated heterocycles. The molecular weight excluding hydrogens is 341 g/mol. The highest BCUT2D eigenvalue weighted by atomic mass is 79.9. The number of carbonyl (C=O) groups excluding carboxylic acids is 1. The molecule has 0 radical (unpaired) electrons. The van der Waals surface area contributed by atoms with E-state index in [0.29, 0.717) is 9.50 Å². The van der Waals surface area contributed by atoms with E-state index in [0.717, 1.165) is 12.1 Å². The molecule has 98 valence electrons. The van der Waals surface area contributed by atoms with Crippen LogP contribution in [0, 0.1) is 11.6 Å². The minimum Gasteiger partial charge on any atom is -0.422 e. The molecule has 0 N–H and O–H groups in total. The van der Waals surface area contributed by atoms with E-state index in [1.165, 1.54) is 24.3 Å². The van der Waals surface area contributed by atoms with Gasteiger partial charge in [-0.05, 0) is 46.3 Å². The fourth-order valence-corrected chi connectivity index (χ4v) is 2.17. The molecule has 0 amide bonds. The van der Waals surface area contributed by atoms with Crippen molar-refractivity contribution in [2.45, 2.75) is 0 Å². The molecule has 19 heavy (non-hydrogen) atoms. The fraction of sp³-hybridized carbons (Fsp3) is 0. The Bertz CT molecular complexity index is 626. The molecule has 6 heteroatoms. The maximum atomic E-state index is 13.4.